The van der Waals surface area contributed by atoms with Gasteiger partial charge in [-0.25, -0.2) is 13.8 Å². The average Bonchev–Trinajstić information content (AvgIpc) is 3.03. The van der Waals surface area contributed by atoms with Gasteiger partial charge in [0.1, 0.15) is 12.1 Å². The van der Waals surface area contributed by atoms with Crippen molar-refractivity contribution in [3.05, 3.63) is 65.6 Å². The molecule has 3 rings (SSSR count). The molecule has 0 fully saturated rings. The van der Waals surface area contributed by atoms with Gasteiger partial charge < -0.3 is 0 Å². The van der Waals surface area contributed by atoms with Crippen LogP contribution < -0.4 is 5.32 Å². The molecule has 2 heterocycles. The molecule has 11 heteroatoms. The zero-order valence-electron chi connectivity index (χ0n) is 13.7. The summed E-state index contributed by atoms with van der Waals surface area (Å²) in [6.45, 7) is 1.45. The van der Waals surface area contributed by atoms with E-state index in [1.807, 2.05) is 0 Å². The van der Waals surface area contributed by atoms with Crippen LogP contribution in [0.3, 0.4) is 0 Å². The molecular weight excluding hydrogens is 373 g/mol. The summed E-state index contributed by atoms with van der Waals surface area (Å²) in [6, 6.07) is 6.18. The first-order valence-electron chi connectivity index (χ1n) is 7.28. The van der Waals surface area contributed by atoms with Gasteiger partial charge in [-0.15, -0.1) is 5.10 Å². The third-order valence-electron chi connectivity index (χ3n) is 3.14. The maximum absolute atomic E-state index is 13.3. The van der Waals surface area contributed by atoms with Crippen molar-refractivity contribution in [1.29, 1.82) is 0 Å². The molecule has 0 saturated heterocycles. The quantitative estimate of drug-likeness (QED) is 0.553. The second-order valence-corrected chi connectivity index (χ2v) is 5.05. The van der Waals surface area contributed by atoms with Crippen LogP contribution in [0.5, 0.6) is 0 Å². The molecule has 0 aliphatic heterocycles. The Bertz CT molecular complexity index is 926. The summed E-state index contributed by atoms with van der Waals surface area (Å²) < 4.78 is 63.0. The van der Waals surface area contributed by atoms with Crippen molar-refractivity contribution in [3.8, 4) is 5.82 Å². The van der Waals surface area contributed by atoms with E-state index < -0.39 is 23.4 Å². The number of rotatable bonds is 3. The molecule has 2 aromatic heterocycles. The molecule has 0 aliphatic rings. The van der Waals surface area contributed by atoms with Gasteiger partial charge in [-0.1, -0.05) is 18.2 Å². The van der Waals surface area contributed by atoms with Gasteiger partial charge in [-0.2, -0.15) is 22.8 Å². The van der Waals surface area contributed by atoms with Crippen molar-refractivity contribution in [2.24, 2.45) is 0 Å². The lowest BCUT2D eigenvalue weighted by atomic mass is 10.1. The predicted molar refractivity (Wildman–Crippen MR) is 84.9 cm³/mol. The number of aromatic nitrogens is 4. The van der Waals surface area contributed by atoms with Crippen molar-refractivity contribution in [2.45, 2.75) is 13.1 Å². The molecular formula is C16H12F5N5O. The van der Waals surface area contributed by atoms with Gasteiger partial charge in [-0.05, 0) is 18.6 Å². The first-order valence-corrected chi connectivity index (χ1v) is 7.28. The van der Waals surface area contributed by atoms with Gasteiger partial charge in [-0.3, -0.25) is 10.1 Å². The number of carbonyl (C=O) groups is 1. The van der Waals surface area contributed by atoms with E-state index in [2.05, 4.69) is 20.4 Å². The fraction of sp³-hybridized carbons (Fsp3) is 0.125. The molecule has 0 aliphatic carbocycles. The lowest BCUT2D eigenvalue weighted by molar-refractivity contribution is -0.138. The highest BCUT2D eigenvalue weighted by Crippen LogP contribution is 2.31. The molecule has 0 unspecified atom stereocenters. The summed E-state index contributed by atoms with van der Waals surface area (Å²) in [4.78, 5) is 17.3. The molecule has 27 heavy (non-hydrogen) atoms. The molecule has 3 aromatic rings. The maximum Gasteiger partial charge on any atom is 0.416 e. The normalized spacial score (nSPS) is 10.7. The van der Waals surface area contributed by atoms with E-state index in [0.29, 0.717) is 12.5 Å². The van der Waals surface area contributed by atoms with Crippen LogP contribution in [-0.2, 0) is 11.0 Å². The number of alkyl halides is 3. The van der Waals surface area contributed by atoms with Crippen molar-refractivity contribution in [2.75, 3.05) is 5.32 Å². The highest BCUT2D eigenvalue weighted by molar-refractivity contribution is 5.66. The second kappa shape index (κ2) is 8.34. The van der Waals surface area contributed by atoms with Gasteiger partial charge in [0.05, 0.1) is 11.8 Å². The van der Waals surface area contributed by atoms with E-state index in [9.17, 15) is 26.7 Å². The van der Waals surface area contributed by atoms with E-state index in [0.717, 1.165) is 23.3 Å². The summed E-state index contributed by atoms with van der Waals surface area (Å²) >= 11 is 0. The number of hydrogen-bond acceptors (Lipinski definition) is 4. The third kappa shape index (κ3) is 5.30. The van der Waals surface area contributed by atoms with Crippen molar-refractivity contribution >= 4 is 12.4 Å². The molecule has 0 bridgehead atoms. The Hall–Kier alpha value is -3.37. The largest absolute Gasteiger partial charge is 0.416 e. The van der Waals surface area contributed by atoms with Crippen molar-refractivity contribution in [3.63, 3.8) is 0 Å². The van der Waals surface area contributed by atoms with Crippen LogP contribution in [0.2, 0.25) is 0 Å². The number of aryl methyl sites for hydroxylation is 1. The fourth-order valence-electron chi connectivity index (χ4n) is 1.95. The summed E-state index contributed by atoms with van der Waals surface area (Å²) in [7, 11) is 0. The summed E-state index contributed by atoms with van der Waals surface area (Å²) in [6.07, 6.45) is -1.83. The van der Waals surface area contributed by atoms with E-state index >= 15 is 0 Å². The summed E-state index contributed by atoms with van der Waals surface area (Å²) in [5, 5.41) is 5.88. The number of amides is 1. The van der Waals surface area contributed by atoms with Crippen molar-refractivity contribution in [1.82, 2.24) is 19.7 Å². The smallest absolute Gasteiger partial charge is 0.296 e. The highest BCUT2D eigenvalue weighted by Gasteiger charge is 2.31. The van der Waals surface area contributed by atoms with Gasteiger partial charge in [0.2, 0.25) is 12.4 Å². The van der Waals surface area contributed by atoms with E-state index in [4.69, 9.17) is 0 Å². The van der Waals surface area contributed by atoms with Gasteiger partial charge in [0.25, 0.3) is 0 Å². The van der Waals surface area contributed by atoms with Crippen LogP contribution >= 0.6 is 0 Å². The number of benzene rings is 1. The Kier molecular flexibility index (Phi) is 6.16. The van der Waals surface area contributed by atoms with Gasteiger partial charge in [0.15, 0.2) is 11.6 Å². The molecule has 0 spiro atoms. The van der Waals surface area contributed by atoms with E-state index in [1.54, 1.807) is 6.07 Å². The standard InChI is InChI=1S/C8H7F3.C8H5F2N5O/c1-6-4-2-3-5-7(6)8(9,10)11;9-5-1-6(10)7(11-2-5)15-3-12-8(14-15)13-4-16/h2-5H,1H3;1-4H,(H,13,14,16). The van der Waals surface area contributed by atoms with Crippen LogP contribution in [0.4, 0.5) is 27.9 Å². The first-order chi connectivity index (χ1) is 12.7. The number of nitrogens with zero attached hydrogens (tertiary/aromatic N) is 4. The fourth-order valence-corrected chi connectivity index (χ4v) is 1.95. The third-order valence-corrected chi connectivity index (χ3v) is 3.14. The Labute approximate surface area is 149 Å². The molecule has 0 atom stereocenters. The van der Waals surface area contributed by atoms with E-state index in [1.165, 1.54) is 19.1 Å². The molecule has 1 aromatic carbocycles. The van der Waals surface area contributed by atoms with Gasteiger partial charge in [0, 0.05) is 6.07 Å². The van der Waals surface area contributed by atoms with E-state index in [-0.39, 0.29) is 17.3 Å². The lowest BCUT2D eigenvalue weighted by Crippen LogP contribution is -2.06. The molecule has 1 N–H and O–H groups in total. The monoisotopic (exact) mass is 385 g/mol. The Morgan fingerprint density at radius 1 is 1.15 bits per heavy atom. The number of anilines is 1. The molecule has 0 saturated carbocycles. The van der Waals surface area contributed by atoms with Crippen LogP contribution in [-0.4, -0.2) is 26.2 Å². The van der Waals surface area contributed by atoms with Crippen LogP contribution in [0, 0.1) is 18.6 Å². The van der Waals surface area contributed by atoms with Crippen LogP contribution in [0.1, 0.15) is 11.1 Å². The first kappa shape index (κ1) is 19.9. The Morgan fingerprint density at radius 3 is 2.41 bits per heavy atom. The minimum atomic E-state index is -4.22. The van der Waals surface area contributed by atoms with Crippen LogP contribution in [0.15, 0.2) is 42.9 Å². The average molecular weight is 385 g/mol. The van der Waals surface area contributed by atoms with Crippen LogP contribution in [0.25, 0.3) is 5.82 Å². The van der Waals surface area contributed by atoms with Gasteiger partial charge >= 0.3 is 6.18 Å². The minimum Gasteiger partial charge on any atom is -0.296 e. The minimum absolute atomic E-state index is 0.000486. The number of carbonyl (C=O) groups excluding carboxylic acids is 1. The topological polar surface area (TPSA) is 72.7 Å². The van der Waals surface area contributed by atoms with Crippen molar-refractivity contribution < 1.29 is 26.7 Å². The number of hydrogen-bond donors (Lipinski definition) is 1. The number of halogens is 5. The SMILES string of the molecule is Cc1ccccc1C(F)(F)F.O=CNc1ncn(-c2ncc(F)cc2F)n1. The molecule has 0 radical (unpaired) electrons. The second-order valence-electron chi connectivity index (χ2n) is 5.05. The summed E-state index contributed by atoms with van der Waals surface area (Å²) in [5.41, 5.74) is -0.292. The lowest BCUT2D eigenvalue weighted by Gasteiger charge is -2.08. The Balaban J connectivity index is 0.000000208. The molecule has 6 nitrogen and oxygen atoms in total. The molecule has 142 valence electrons. The predicted octanol–water partition coefficient (Wildman–Crippen LogP) is 3.52. The summed E-state index contributed by atoms with van der Waals surface area (Å²) in [5.74, 6) is -1.86. The Morgan fingerprint density at radius 2 is 1.85 bits per heavy atom. The zero-order valence-corrected chi connectivity index (χ0v) is 13.7. The highest BCUT2D eigenvalue weighted by atomic mass is 19.4. The molecule has 1 amide bonds. The zero-order chi connectivity index (χ0) is 20.0. The number of nitrogens with one attached hydrogen (secondary N) is 1. The maximum atomic E-state index is 13.3. The number of pyridine rings is 1.